The maximum atomic E-state index is 5.75. The third kappa shape index (κ3) is 3.83. The van der Waals surface area contributed by atoms with E-state index in [2.05, 4.69) is 53.4 Å². The van der Waals surface area contributed by atoms with Gasteiger partial charge in [-0.25, -0.2) is 0 Å². The third-order valence-electron chi connectivity index (χ3n) is 4.75. The number of fused-ring (bicyclic) bond motifs is 1. The second-order valence-electron chi connectivity index (χ2n) is 6.38. The molecule has 2 N–H and O–H groups in total. The Kier molecular flexibility index (Phi) is 5.78. The van der Waals surface area contributed by atoms with Crippen LogP contribution in [0.25, 0.3) is 10.9 Å². The summed E-state index contributed by atoms with van der Waals surface area (Å²) >= 11 is 5.75. The molecular weight excluding hydrogens is 342 g/mol. The first-order valence-corrected chi connectivity index (χ1v) is 9.30. The molecule has 1 heterocycles. The van der Waals surface area contributed by atoms with Gasteiger partial charge in [-0.1, -0.05) is 37.3 Å². The van der Waals surface area contributed by atoms with Crippen LogP contribution in [0.4, 0.5) is 5.69 Å². The fourth-order valence-electron chi connectivity index (χ4n) is 3.03. The number of aromatic amines is 1. The maximum Gasteiger partial charge on any atom is 0.174 e. The summed E-state index contributed by atoms with van der Waals surface area (Å²) < 4.78 is 5.43. The van der Waals surface area contributed by atoms with Gasteiger partial charge in [0.25, 0.3) is 0 Å². The van der Waals surface area contributed by atoms with Crippen LogP contribution in [0, 0.1) is 0 Å². The van der Waals surface area contributed by atoms with E-state index < -0.39 is 0 Å². The van der Waals surface area contributed by atoms with Gasteiger partial charge >= 0.3 is 0 Å². The molecule has 5 heteroatoms. The fourth-order valence-corrected chi connectivity index (χ4v) is 3.38. The minimum atomic E-state index is 0.318. The van der Waals surface area contributed by atoms with Gasteiger partial charge in [0, 0.05) is 29.7 Å². The third-order valence-corrected chi connectivity index (χ3v) is 5.08. The second-order valence-corrected chi connectivity index (χ2v) is 6.76. The average Bonchev–Trinajstić information content (AvgIpc) is 3.08. The van der Waals surface area contributed by atoms with Crippen molar-refractivity contribution in [2.45, 2.75) is 32.9 Å². The standard InChI is InChI=1S/C21H25N3OS/c1-4-15(2)24(14-16-13-22-18-10-6-5-9-17(16)18)21(26)23-19-11-7-8-12-20(19)25-3/h5-13,15,22H,4,14H2,1-3H3,(H,23,26)/t15-/m0/s1. The van der Waals surface area contributed by atoms with Gasteiger partial charge in [0.2, 0.25) is 0 Å². The maximum absolute atomic E-state index is 5.75. The molecule has 0 bridgehead atoms. The van der Waals surface area contributed by atoms with Crippen LogP contribution in [0.1, 0.15) is 25.8 Å². The molecule has 0 aliphatic rings. The zero-order valence-electron chi connectivity index (χ0n) is 15.5. The lowest BCUT2D eigenvalue weighted by atomic mass is 10.1. The van der Waals surface area contributed by atoms with E-state index >= 15 is 0 Å². The Hall–Kier alpha value is -2.53. The Balaban J connectivity index is 1.85. The molecular formula is C21H25N3OS. The van der Waals surface area contributed by atoms with Gasteiger partial charge in [-0.2, -0.15) is 0 Å². The summed E-state index contributed by atoms with van der Waals surface area (Å²) in [4.78, 5) is 5.58. The first-order chi connectivity index (χ1) is 12.6. The monoisotopic (exact) mass is 367 g/mol. The summed E-state index contributed by atoms with van der Waals surface area (Å²) in [6.07, 6.45) is 3.09. The lowest BCUT2D eigenvalue weighted by molar-refractivity contribution is 0.320. The van der Waals surface area contributed by atoms with E-state index in [0.29, 0.717) is 11.2 Å². The molecule has 136 valence electrons. The normalized spacial score (nSPS) is 12.0. The average molecular weight is 368 g/mol. The largest absolute Gasteiger partial charge is 0.495 e. The highest BCUT2D eigenvalue weighted by Crippen LogP contribution is 2.25. The molecule has 0 amide bonds. The second kappa shape index (κ2) is 8.23. The summed E-state index contributed by atoms with van der Waals surface area (Å²) in [6, 6.07) is 16.5. The minimum Gasteiger partial charge on any atom is -0.495 e. The van der Waals surface area contributed by atoms with Crippen LogP contribution >= 0.6 is 12.2 Å². The van der Waals surface area contributed by atoms with E-state index in [1.54, 1.807) is 7.11 Å². The highest BCUT2D eigenvalue weighted by atomic mass is 32.1. The molecule has 1 atom stereocenters. The summed E-state index contributed by atoms with van der Waals surface area (Å²) in [5, 5.41) is 5.30. The highest BCUT2D eigenvalue weighted by molar-refractivity contribution is 7.80. The molecule has 0 saturated carbocycles. The van der Waals surface area contributed by atoms with Crippen molar-refractivity contribution in [1.82, 2.24) is 9.88 Å². The first kappa shape index (κ1) is 18.3. The van der Waals surface area contributed by atoms with E-state index in [1.165, 1.54) is 10.9 Å². The van der Waals surface area contributed by atoms with Gasteiger partial charge < -0.3 is 19.9 Å². The summed E-state index contributed by atoms with van der Waals surface area (Å²) in [6.45, 7) is 5.13. The van der Waals surface area contributed by atoms with Crippen LogP contribution in [-0.2, 0) is 6.54 Å². The molecule has 1 aromatic heterocycles. The zero-order chi connectivity index (χ0) is 18.5. The number of para-hydroxylation sites is 3. The highest BCUT2D eigenvalue weighted by Gasteiger charge is 2.19. The molecule has 0 spiro atoms. The number of nitrogens with zero attached hydrogens (tertiary/aromatic N) is 1. The van der Waals surface area contributed by atoms with Crippen LogP contribution in [0.2, 0.25) is 0 Å². The summed E-state index contributed by atoms with van der Waals surface area (Å²) in [5.41, 5.74) is 3.27. The number of ether oxygens (including phenoxy) is 1. The number of thiocarbonyl (C=S) groups is 1. The number of rotatable bonds is 6. The first-order valence-electron chi connectivity index (χ1n) is 8.89. The van der Waals surface area contributed by atoms with Crippen molar-refractivity contribution in [3.05, 3.63) is 60.3 Å². The molecule has 3 rings (SSSR count). The molecule has 0 aliphatic carbocycles. The molecule has 2 aromatic carbocycles. The van der Waals surface area contributed by atoms with E-state index in [4.69, 9.17) is 17.0 Å². The van der Waals surface area contributed by atoms with Crippen molar-refractivity contribution in [3.8, 4) is 5.75 Å². The van der Waals surface area contributed by atoms with Crippen molar-refractivity contribution in [3.63, 3.8) is 0 Å². The smallest absolute Gasteiger partial charge is 0.174 e. The predicted molar refractivity (Wildman–Crippen MR) is 113 cm³/mol. The molecule has 26 heavy (non-hydrogen) atoms. The van der Waals surface area contributed by atoms with Crippen LogP contribution in [0.5, 0.6) is 5.75 Å². The fraction of sp³-hybridized carbons (Fsp3) is 0.286. The molecule has 0 aliphatic heterocycles. The van der Waals surface area contributed by atoms with Crippen LogP contribution in [0.15, 0.2) is 54.7 Å². The molecule has 0 unspecified atom stereocenters. The van der Waals surface area contributed by atoms with Crippen molar-refractivity contribution >= 4 is 33.9 Å². The summed E-state index contributed by atoms with van der Waals surface area (Å²) in [5.74, 6) is 0.783. The Morgan fingerprint density at radius 3 is 2.69 bits per heavy atom. The van der Waals surface area contributed by atoms with E-state index in [0.717, 1.165) is 29.9 Å². The SMILES string of the molecule is CC[C@H](C)N(Cc1c[nH]c2ccccc12)C(=S)Nc1ccccc1OC. The number of hydrogen-bond donors (Lipinski definition) is 2. The Labute approximate surface area is 160 Å². The number of hydrogen-bond acceptors (Lipinski definition) is 2. The van der Waals surface area contributed by atoms with Gasteiger partial charge in [0.1, 0.15) is 5.75 Å². The molecule has 3 aromatic rings. The zero-order valence-corrected chi connectivity index (χ0v) is 16.3. The number of aromatic nitrogens is 1. The Morgan fingerprint density at radius 2 is 1.92 bits per heavy atom. The quantitative estimate of drug-likeness (QED) is 0.589. The van der Waals surface area contributed by atoms with Gasteiger partial charge in [-0.05, 0) is 49.3 Å². The van der Waals surface area contributed by atoms with Crippen molar-refractivity contribution in [2.24, 2.45) is 0 Å². The van der Waals surface area contributed by atoms with Gasteiger partial charge in [-0.15, -0.1) is 0 Å². The number of methoxy groups -OCH3 is 1. The van der Waals surface area contributed by atoms with Gasteiger partial charge in [-0.3, -0.25) is 0 Å². The molecule has 0 radical (unpaired) electrons. The lowest BCUT2D eigenvalue weighted by Crippen LogP contribution is -2.40. The molecule has 0 saturated heterocycles. The summed E-state index contributed by atoms with van der Waals surface area (Å²) in [7, 11) is 1.67. The van der Waals surface area contributed by atoms with Crippen LogP contribution < -0.4 is 10.1 Å². The topological polar surface area (TPSA) is 40.3 Å². The molecule has 4 nitrogen and oxygen atoms in total. The Morgan fingerprint density at radius 1 is 1.19 bits per heavy atom. The Bertz CT molecular complexity index is 890. The van der Waals surface area contributed by atoms with E-state index in [1.807, 2.05) is 30.3 Å². The minimum absolute atomic E-state index is 0.318. The van der Waals surface area contributed by atoms with E-state index in [9.17, 15) is 0 Å². The van der Waals surface area contributed by atoms with Gasteiger partial charge in [0.15, 0.2) is 5.11 Å². The van der Waals surface area contributed by atoms with Crippen molar-refractivity contribution in [2.75, 3.05) is 12.4 Å². The van der Waals surface area contributed by atoms with Crippen molar-refractivity contribution < 1.29 is 4.74 Å². The van der Waals surface area contributed by atoms with E-state index in [-0.39, 0.29) is 0 Å². The predicted octanol–water partition coefficient (Wildman–Crippen LogP) is 5.17. The lowest BCUT2D eigenvalue weighted by Gasteiger charge is -2.31. The van der Waals surface area contributed by atoms with Crippen LogP contribution in [-0.4, -0.2) is 28.1 Å². The van der Waals surface area contributed by atoms with Crippen molar-refractivity contribution in [1.29, 1.82) is 0 Å². The number of benzene rings is 2. The molecule has 0 fully saturated rings. The number of anilines is 1. The number of H-pyrrole nitrogens is 1. The van der Waals surface area contributed by atoms with Crippen LogP contribution in [0.3, 0.4) is 0 Å². The van der Waals surface area contributed by atoms with Gasteiger partial charge in [0.05, 0.1) is 12.8 Å². The number of nitrogens with one attached hydrogen (secondary N) is 2.